The van der Waals surface area contributed by atoms with E-state index in [1.165, 1.54) is 36.4 Å². The lowest BCUT2D eigenvalue weighted by Gasteiger charge is -2.19. The van der Waals surface area contributed by atoms with Gasteiger partial charge in [0.25, 0.3) is 0 Å². The van der Waals surface area contributed by atoms with Gasteiger partial charge in [-0.05, 0) is 90.6 Å². The van der Waals surface area contributed by atoms with Gasteiger partial charge >= 0.3 is 11.9 Å². The molecule has 3 aromatic rings. The van der Waals surface area contributed by atoms with Crippen molar-refractivity contribution in [3.8, 4) is 22.6 Å². The van der Waals surface area contributed by atoms with Crippen LogP contribution in [0, 0.1) is 11.6 Å². The molecule has 9 heteroatoms. The van der Waals surface area contributed by atoms with Gasteiger partial charge in [-0.15, -0.1) is 0 Å². The van der Waals surface area contributed by atoms with Crippen molar-refractivity contribution in [1.29, 1.82) is 0 Å². The first-order valence-electron chi connectivity index (χ1n) is 11.4. The molecule has 0 saturated heterocycles. The van der Waals surface area contributed by atoms with Gasteiger partial charge in [-0.25, -0.2) is 18.4 Å². The van der Waals surface area contributed by atoms with Crippen LogP contribution in [-0.2, 0) is 20.7 Å². The number of carboxylic acid groups (broad SMARTS) is 1. The summed E-state index contributed by atoms with van der Waals surface area (Å²) >= 11 is 3.14. The predicted octanol–water partition coefficient (Wildman–Crippen LogP) is 6.83. The van der Waals surface area contributed by atoms with E-state index in [9.17, 15) is 18.4 Å². The molecule has 37 heavy (non-hydrogen) atoms. The van der Waals surface area contributed by atoms with Gasteiger partial charge in [-0.3, -0.25) is 0 Å². The summed E-state index contributed by atoms with van der Waals surface area (Å²) in [4.78, 5) is 22.0. The van der Waals surface area contributed by atoms with E-state index >= 15 is 0 Å². The molecule has 0 aliphatic rings. The van der Waals surface area contributed by atoms with Gasteiger partial charge in [0.1, 0.15) is 28.7 Å². The van der Waals surface area contributed by atoms with Gasteiger partial charge in [-0.2, -0.15) is 0 Å². The Morgan fingerprint density at radius 2 is 1.46 bits per heavy atom. The highest BCUT2D eigenvalue weighted by molar-refractivity contribution is 9.10. The molecule has 3 aromatic carbocycles. The predicted molar refractivity (Wildman–Crippen MR) is 140 cm³/mol. The van der Waals surface area contributed by atoms with Crippen molar-refractivity contribution in [2.45, 2.75) is 39.7 Å². The van der Waals surface area contributed by atoms with E-state index in [4.69, 9.17) is 19.3 Å². The molecule has 3 rings (SSSR count). The first kappa shape index (κ1) is 29.8. The zero-order valence-electron chi connectivity index (χ0n) is 21.0. The second-order valence-corrected chi connectivity index (χ2v) is 9.64. The van der Waals surface area contributed by atoms with Crippen LogP contribution in [0.15, 0.2) is 65.1 Å². The fourth-order valence-corrected chi connectivity index (χ4v) is 3.63. The minimum atomic E-state index is -1.07. The molecule has 0 bridgehead atoms. The molecule has 0 aliphatic carbocycles. The third-order valence-electron chi connectivity index (χ3n) is 4.64. The van der Waals surface area contributed by atoms with E-state index in [-0.39, 0.29) is 18.2 Å². The van der Waals surface area contributed by atoms with Crippen molar-refractivity contribution in [1.82, 2.24) is 0 Å². The number of ether oxygens (including phenoxy) is 3. The Balaban J connectivity index is 0.000000264. The normalized spacial score (nSPS) is 10.7. The van der Waals surface area contributed by atoms with E-state index < -0.39 is 24.1 Å². The minimum absolute atomic E-state index is 0.207. The average Bonchev–Trinajstić information content (AvgIpc) is 2.82. The molecule has 198 valence electrons. The lowest BCUT2D eigenvalue weighted by Crippen LogP contribution is -2.27. The molecule has 0 heterocycles. The largest absolute Gasteiger partial charge is 0.481 e. The molecule has 0 fully saturated rings. The van der Waals surface area contributed by atoms with Crippen LogP contribution < -0.4 is 9.47 Å². The Morgan fingerprint density at radius 1 is 0.865 bits per heavy atom. The maximum absolute atomic E-state index is 13.5. The summed E-state index contributed by atoms with van der Waals surface area (Å²) in [7, 11) is 0. The minimum Gasteiger partial charge on any atom is -0.481 e. The van der Waals surface area contributed by atoms with Crippen molar-refractivity contribution in [3.05, 3.63) is 82.3 Å². The first-order chi connectivity index (χ1) is 17.4. The Bertz CT molecular complexity index is 1220. The highest BCUT2D eigenvalue weighted by atomic mass is 79.9. The lowest BCUT2D eigenvalue weighted by molar-refractivity contribution is -0.157. The van der Waals surface area contributed by atoms with Crippen LogP contribution >= 0.6 is 15.9 Å². The molecule has 0 aromatic heterocycles. The van der Waals surface area contributed by atoms with Crippen LogP contribution in [0.3, 0.4) is 0 Å². The van der Waals surface area contributed by atoms with Crippen LogP contribution in [-0.4, -0.2) is 35.9 Å². The Labute approximate surface area is 223 Å². The van der Waals surface area contributed by atoms with Crippen LogP contribution in [0.5, 0.6) is 11.5 Å². The molecule has 0 radical (unpaired) electrons. The number of carbonyl (C=O) groups excluding carboxylic acids is 1. The quantitative estimate of drug-likeness (QED) is 0.295. The van der Waals surface area contributed by atoms with Crippen molar-refractivity contribution < 1.29 is 37.7 Å². The molecule has 0 spiro atoms. The summed E-state index contributed by atoms with van der Waals surface area (Å²) < 4.78 is 42.3. The molecule has 0 unspecified atom stereocenters. The number of carboxylic acids is 1. The van der Waals surface area contributed by atoms with E-state index in [1.54, 1.807) is 20.8 Å². The standard InChI is InChI=1S/C16H15FO3.C12H14BrFO3/c1-2-11-5-3-4-6-13(11)14-9-12(17)7-8-15(14)20-10-16(18)19;1-12(2,3)17-11(15)7-16-10-5-4-8(14)6-9(10)13/h3-9H,2,10H2,1H3,(H,18,19);4-6H,7H2,1-3H3. The van der Waals surface area contributed by atoms with Crippen molar-refractivity contribution >= 4 is 27.9 Å². The number of hydrogen-bond donors (Lipinski definition) is 1. The van der Waals surface area contributed by atoms with E-state index in [1.807, 2.05) is 31.2 Å². The zero-order chi connectivity index (χ0) is 27.6. The van der Waals surface area contributed by atoms with Gasteiger partial charge in [0.05, 0.1) is 4.47 Å². The van der Waals surface area contributed by atoms with Crippen molar-refractivity contribution in [3.63, 3.8) is 0 Å². The molecular weight excluding hydrogens is 550 g/mol. The van der Waals surface area contributed by atoms with Crippen molar-refractivity contribution in [2.24, 2.45) is 0 Å². The molecule has 1 N–H and O–H groups in total. The fraction of sp³-hybridized carbons (Fsp3) is 0.286. The number of benzene rings is 3. The van der Waals surface area contributed by atoms with Crippen molar-refractivity contribution in [2.75, 3.05) is 13.2 Å². The summed E-state index contributed by atoms with van der Waals surface area (Å²) in [5.74, 6) is -1.51. The summed E-state index contributed by atoms with van der Waals surface area (Å²) in [6, 6.07) is 15.7. The fourth-order valence-electron chi connectivity index (χ4n) is 3.17. The van der Waals surface area contributed by atoms with Crippen LogP contribution in [0.2, 0.25) is 0 Å². The number of rotatable bonds is 8. The number of aliphatic carboxylic acids is 1. The maximum atomic E-state index is 13.5. The third kappa shape index (κ3) is 10.2. The SMILES string of the molecule is CC(C)(C)OC(=O)COc1ccc(F)cc1Br.CCc1ccccc1-c1cc(F)ccc1OCC(=O)O. The topological polar surface area (TPSA) is 82.1 Å². The van der Waals surface area contributed by atoms with Crippen LogP contribution in [0.25, 0.3) is 11.1 Å². The second-order valence-electron chi connectivity index (χ2n) is 8.78. The number of aryl methyl sites for hydroxylation is 1. The van der Waals surface area contributed by atoms with Crippen LogP contribution in [0.1, 0.15) is 33.3 Å². The molecule has 0 amide bonds. The molecular formula is C28H29BrF2O6. The van der Waals surface area contributed by atoms with Gasteiger partial charge in [-0.1, -0.05) is 31.2 Å². The molecule has 0 saturated carbocycles. The maximum Gasteiger partial charge on any atom is 0.344 e. The highest BCUT2D eigenvalue weighted by Crippen LogP contribution is 2.33. The highest BCUT2D eigenvalue weighted by Gasteiger charge is 2.17. The molecule has 0 aliphatic heterocycles. The van der Waals surface area contributed by atoms with Gasteiger partial charge in [0.15, 0.2) is 13.2 Å². The number of carbonyl (C=O) groups is 2. The van der Waals surface area contributed by atoms with Crippen LogP contribution in [0.4, 0.5) is 8.78 Å². The van der Waals surface area contributed by atoms with Gasteiger partial charge in [0.2, 0.25) is 0 Å². The third-order valence-corrected chi connectivity index (χ3v) is 5.26. The second kappa shape index (κ2) is 13.7. The number of hydrogen-bond acceptors (Lipinski definition) is 5. The average molecular weight is 579 g/mol. The number of esters is 1. The van der Waals surface area contributed by atoms with E-state index in [0.717, 1.165) is 17.5 Å². The Hall–Kier alpha value is -3.46. The molecule has 0 atom stereocenters. The smallest absolute Gasteiger partial charge is 0.344 e. The summed E-state index contributed by atoms with van der Waals surface area (Å²) in [5, 5.41) is 8.69. The molecule has 6 nitrogen and oxygen atoms in total. The van der Waals surface area contributed by atoms with E-state index in [2.05, 4.69) is 15.9 Å². The Kier molecular flexibility index (Phi) is 11.1. The summed E-state index contributed by atoms with van der Waals surface area (Å²) in [5.41, 5.74) is 1.94. The first-order valence-corrected chi connectivity index (χ1v) is 12.2. The number of halogens is 3. The monoisotopic (exact) mass is 578 g/mol. The summed E-state index contributed by atoms with van der Waals surface area (Å²) in [6.07, 6.45) is 0.797. The van der Waals surface area contributed by atoms with Gasteiger partial charge in [0, 0.05) is 5.56 Å². The lowest BCUT2D eigenvalue weighted by atomic mass is 9.97. The summed E-state index contributed by atoms with van der Waals surface area (Å²) in [6.45, 7) is 6.68. The zero-order valence-corrected chi connectivity index (χ0v) is 22.6. The van der Waals surface area contributed by atoms with E-state index in [0.29, 0.717) is 21.5 Å². The van der Waals surface area contributed by atoms with Gasteiger partial charge < -0.3 is 19.3 Å². The Morgan fingerprint density at radius 3 is 2.05 bits per heavy atom.